The van der Waals surface area contributed by atoms with Crippen molar-refractivity contribution < 1.29 is 9.59 Å². The summed E-state index contributed by atoms with van der Waals surface area (Å²) in [5.41, 5.74) is 6.92. The summed E-state index contributed by atoms with van der Waals surface area (Å²) in [6.07, 6.45) is 5.13. The predicted octanol–water partition coefficient (Wildman–Crippen LogP) is 4.15. The van der Waals surface area contributed by atoms with Crippen LogP contribution in [0.25, 0.3) is 16.8 Å². The lowest BCUT2D eigenvalue weighted by molar-refractivity contribution is 0.0945. The van der Waals surface area contributed by atoms with Crippen molar-refractivity contribution in [1.29, 1.82) is 0 Å². The molecule has 3 heterocycles. The molecule has 0 spiro atoms. The van der Waals surface area contributed by atoms with Crippen molar-refractivity contribution in [1.82, 2.24) is 19.7 Å². The first-order valence-electron chi connectivity index (χ1n) is 9.71. The first-order chi connectivity index (χ1) is 14.4. The van der Waals surface area contributed by atoms with Crippen LogP contribution in [-0.2, 0) is 6.54 Å². The zero-order valence-electron chi connectivity index (χ0n) is 17.1. The van der Waals surface area contributed by atoms with Gasteiger partial charge in [0.25, 0.3) is 5.91 Å². The molecule has 1 amide bonds. The second kappa shape index (κ2) is 7.91. The van der Waals surface area contributed by atoms with Crippen LogP contribution in [0.3, 0.4) is 0 Å². The largest absolute Gasteiger partial charge is 0.347 e. The number of nitrogens with zero attached hydrogens (tertiary/aromatic N) is 3. The first kappa shape index (κ1) is 19.5. The number of aromatic nitrogens is 3. The number of aryl methyl sites for hydroxylation is 2. The fourth-order valence-electron chi connectivity index (χ4n) is 3.46. The van der Waals surface area contributed by atoms with Gasteiger partial charge < -0.3 is 9.72 Å². The number of carbonyl (C=O) groups excluding carboxylic acids is 2. The normalized spacial score (nSPS) is 10.9. The van der Waals surface area contributed by atoms with Gasteiger partial charge in [-0.3, -0.25) is 14.6 Å². The van der Waals surface area contributed by atoms with Gasteiger partial charge in [-0.2, -0.15) is 0 Å². The molecule has 0 fully saturated rings. The quantitative estimate of drug-likeness (QED) is 0.513. The number of amides is 1. The van der Waals surface area contributed by atoms with Gasteiger partial charge in [0, 0.05) is 36.4 Å². The molecule has 1 N–H and O–H groups in total. The number of hydrogen-bond donors (Lipinski definition) is 1. The van der Waals surface area contributed by atoms with E-state index in [2.05, 4.69) is 40.4 Å². The van der Waals surface area contributed by atoms with E-state index in [-0.39, 0.29) is 11.7 Å². The lowest BCUT2D eigenvalue weighted by Crippen LogP contribution is -2.23. The zero-order valence-corrected chi connectivity index (χ0v) is 17.1. The smallest absolute Gasteiger partial charge is 0.271 e. The van der Waals surface area contributed by atoms with Gasteiger partial charge in [0.2, 0.25) is 0 Å². The highest BCUT2D eigenvalue weighted by atomic mass is 16.2. The summed E-state index contributed by atoms with van der Waals surface area (Å²) < 4.78 is 1.70. The molecular formula is C24H22N4O2. The average molecular weight is 398 g/mol. The number of pyridine rings is 2. The third-order valence-corrected chi connectivity index (χ3v) is 5.04. The van der Waals surface area contributed by atoms with Crippen LogP contribution in [0.2, 0.25) is 0 Å². The summed E-state index contributed by atoms with van der Waals surface area (Å²) in [5, 5.41) is 2.92. The van der Waals surface area contributed by atoms with Crippen molar-refractivity contribution in [2.45, 2.75) is 27.3 Å². The van der Waals surface area contributed by atoms with Crippen LogP contribution >= 0.6 is 0 Å². The van der Waals surface area contributed by atoms with E-state index in [1.807, 2.05) is 25.3 Å². The maximum Gasteiger partial charge on any atom is 0.271 e. The van der Waals surface area contributed by atoms with E-state index in [0.717, 1.165) is 27.9 Å². The molecule has 0 aliphatic rings. The van der Waals surface area contributed by atoms with Crippen LogP contribution in [-0.4, -0.2) is 26.1 Å². The Bertz CT molecular complexity index is 1270. The van der Waals surface area contributed by atoms with E-state index in [1.165, 1.54) is 6.92 Å². The molecule has 0 saturated heterocycles. The monoisotopic (exact) mass is 398 g/mol. The lowest BCUT2D eigenvalue weighted by Gasteiger charge is -2.10. The number of carbonyl (C=O) groups is 2. The summed E-state index contributed by atoms with van der Waals surface area (Å²) >= 11 is 0. The third-order valence-electron chi connectivity index (χ3n) is 5.04. The molecule has 4 aromatic rings. The Labute approximate surface area is 174 Å². The molecule has 30 heavy (non-hydrogen) atoms. The molecule has 0 aliphatic carbocycles. The number of rotatable bonds is 5. The highest BCUT2D eigenvalue weighted by molar-refractivity contribution is 5.95. The van der Waals surface area contributed by atoms with Crippen molar-refractivity contribution in [2.24, 2.45) is 0 Å². The van der Waals surface area contributed by atoms with Gasteiger partial charge in [0.15, 0.2) is 5.78 Å². The molecule has 6 nitrogen and oxygen atoms in total. The second-order valence-electron chi connectivity index (χ2n) is 7.38. The molecule has 150 valence electrons. The van der Waals surface area contributed by atoms with Crippen molar-refractivity contribution >= 4 is 17.3 Å². The number of hydrogen-bond acceptors (Lipinski definition) is 4. The fraction of sp³-hybridized carbons (Fsp3) is 0.167. The minimum absolute atomic E-state index is 0.0302. The Morgan fingerprint density at radius 2 is 1.87 bits per heavy atom. The Kier molecular flexibility index (Phi) is 5.14. The molecule has 6 heteroatoms. The summed E-state index contributed by atoms with van der Waals surface area (Å²) in [5.74, 6) is -0.285. The molecule has 0 atom stereocenters. The number of benzene rings is 1. The van der Waals surface area contributed by atoms with E-state index in [1.54, 1.807) is 28.9 Å². The molecule has 4 rings (SSSR count). The topological polar surface area (TPSA) is 76.4 Å². The Morgan fingerprint density at radius 3 is 2.60 bits per heavy atom. The van der Waals surface area contributed by atoms with E-state index in [4.69, 9.17) is 0 Å². The highest BCUT2D eigenvalue weighted by Gasteiger charge is 2.12. The third kappa shape index (κ3) is 3.98. The summed E-state index contributed by atoms with van der Waals surface area (Å²) in [6.45, 7) is 5.95. The van der Waals surface area contributed by atoms with Crippen LogP contribution < -0.4 is 5.32 Å². The lowest BCUT2D eigenvalue weighted by atomic mass is 9.98. The van der Waals surface area contributed by atoms with Crippen molar-refractivity contribution in [2.75, 3.05) is 0 Å². The number of imidazole rings is 1. The van der Waals surface area contributed by atoms with Gasteiger partial charge in [0.05, 0.1) is 0 Å². The molecule has 0 saturated carbocycles. The summed E-state index contributed by atoms with van der Waals surface area (Å²) in [6, 6.07) is 13.7. The van der Waals surface area contributed by atoms with E-state index < -0.39 is 0 Å². The predicted molar refractivity (Wildman–Crippen MR) is 116 cm³/mol. The second-order valence-corrected chi connectivity index (χ2v) is 7.38. The van der Waals surface area contributed by atoms with Crippen LogP contribution in [0.15, 0.2) is 61.1 Å². The van der Waals surface area contributed by atoms with Crippen LogP contribution in [0.4, 0.5) is 0 Å². The Morgan fingerprint density at radius 1 is 1.03 bits per heavy atom. The Hall–Kier alpha value is -3.80. The van der Waals surface area contributed by atoms with E-state index in [0.29, 0.717) is 23.4 Å². The minimum atomic E-state index is -0.255. The van der Waals surface area contributed by atoms with Gasteiger partial charge in [-0.15, -0.1) is 0 Å². The number of fused-ring (bicyclic) bond motifs is 1. The maximum absolute atomic E-state index is 12.6. The standard InChI is InChI=1S/C24H22N4O2/c1-15-10-18(4-6-21(15)19-8-9-25-16(2)11-19)12-26-24(30)22-14-28-13-20(17(3)29)5-7-23(28)27-22/h4-11,13-14H,12H2,1-3H3,(H,26,30). The Balaban J connectivity index is 1.48. The molecule has 0 radical (unpaired) electrons. The van der Waals surface area contributed by atoms with Gasteiger partial charge >= 0.3 is 0 Å². The van der Waals surface area contributed by atoms with Crippen LogP contribution in [0.5, 0.6) is 0 Å². The average Bonchev–Trinajstić information content (AvgIpc) is 3.15. The number of ketones is 1. The summed E-state index contributed by atoms with van der Waals surface area (Å²) in [7, 11) is 0. The van der Waals surface area contributed by atoms with Crippen molar-refractivity contribution in [3.63, 3.8) is 0 Å². The van der Waals surface area contributed by atoms with Gasteiger partial charge in [-0.1, -0.05) is 18.2 Å². The van der Waals surface area contributed by atoms with Gasteiger partial charge in [0.1, 0.15) is 11.3 Å². The molecule has 0 unspecified atom stereocenters. The molecule has 0 bridgehead atoms. The van der Waals surface area contributed by atoms with Gasteiger partial charge in [-0.25, -0.2) is 4.98 Å². The zero-order chi connectivity index (χ0) is 21.3. The van der Waals surface area contributed by atoms with Crippen molar-refractivity contribution in [3.05, 3.63) is 89.1 Å². The van der Waals surface area contributed by atoms with Crippen LogP contribution in [0, 0.1) is 13.8 Å². The fourth-order valence-corrected chi connectivity index (χ4v) is 3.46. The molecular weight excluding hydrogens is 376 g/mol. The molecule has 0 aliphatic heterocycles. The maximum atomic E-state index is 12.6. The first-order valence-corrected chi connectivity index (χ1v) is 9.71. The van der Waals surface area contributed by atoms with Gasteiger partial charge in [-0.05, 0) is 67.3 Å². The number of Topliss-reactive ketones (excluding diaryl/α,β-unsaturated/α-hetero) is 1. The minimum Gasteiger partial charge on any atom is -0.347 e. The highest BCUT2D eigenvalue weighted by Crippen LogP contribution is 2.24. The van der Waals surface area contributed by atoms with Crippen LogP contribution in [0.1, 0.15) is 44.6 Å². The number of nitrogens with one attached hydrogen (secondary N) is 1. The molecule has 1 aromatic carbocycles. The summed E-state index contributed by atoms with van der Waals surface area (Å²) in [4.78, 5) is 32.7. The van der Waals surface area contributed by atoms with E-state index in [9.17, 15) is 9.59 Å². The van der Waals surface area contributed by atoms with E-state index >= 15 is 0 Å². The molecule has 3 aromatic heterocycles. The SMILES string of the molecule is CC(=O)c1ccc2nc(C(=O)NCc3ccc(-c4ccnc(C)c4)c(C)c3)cn2c1. The van der Waals surface area contributed by atoms with Crippen molar-refractivity contribution in [3.8, 4) is 11.1 Å².